The first-order valence-electron chi connectivity index (χ1n) is 4.83. The molecule has 0 spiro atoms. The van der Waals surface area contributed by atoms with Crippen molar-refractivity contribution in [1.82, 2.24) is 0 Å². The van der Waals surface area contributed by atoms with Crippen LogP contribution in [0.3, 0.4) is 0 Å². The second-order valence-corrected chi connectivity index (χ2v) is 3.55. The molecule has 0 aromatic heterocycles. The molecular weight excluding hydrogens is 188 g/mol. The number of fused-ring (bicyclic) bond motifs is 1. The van der Waals surface area contributed by atoms with Crippen LogP contribution in [0.5, 0.6) is 0 Å². The summed E-state index contributed by atoms with van der Waals surface area (Å²) in [5.41, 5.74) is 0. The van der Waals surface area contributed by atoms with E-state index in [0.29, 0.717) is 13.0 Å². The Hall–Kier alpha value is -0.650. The standard InChI is InChI=1S/C9H14O5/c1-2-7(11)14-6-4-13-8-5(10)3-12-9(6)8/h5-6,8-10H,2-4H2,1H3. The average molecular weight is 202 g/mol. The molecule has 0 saturated carbocycles. The normalized spacial score (nSPS) is 41.0. The van der Waals surface area contributed by atoms with Gasteiger partial charge in [-0.1, -0.05) is 6.92 Å². The maximum absolute atomic E-state index is 11.0. The number of carbonyl (C=O) groups is 1. The van der Waals surface area contributed by atoms with Gasteiger partial charge >= 0.3 is 5.97 Å². The summed E-state index contributed by atoms with van der Waals surface area (Å²) in [4.78, 5) is 11.0. The van der Waals surface area contributed by atoms with Crippen LogP contribution in [-0.4, -0.2) is 48.7 Å². The molecule has 2 aliphatic rings. The summed E-state index contributed by atoms with van der Waals surface area (Å²) in [6, 6.07) is 0. The second kappa shape index (κ2) is 3.84. The van der Waals surface area contributed by atoms with Gasteiger partial charge in [-0.05, 0) is 0 Å². The lowest BCUT2D eigenvalue weighted by Crippen LogP contribution is -2.34. The lowest BCUT2D eigenvalue weighted by molar-refractivity contribution is -0.153. The van der Waals surface area contributed by atoms with Gasteiger partial charge in [0.1, 0.15) is 18.3 Å². The van der Waals surface area contributed by atoms with Crippen LogP contribution in [0.4, 0.5) is 0 Å². The van der Waals surface area contributed by atoms with Gasteiger partial charge in [-0.15, -0.1) is 0 Å². The summed E-state index contributed by atoms with van der Waals surface area (Å²) >= 11 is 0. The Morgan fingerprint density at radius 1 is 1.43 bits per heavy atom. The van der Waals surface area contributed by atoms with Gasteiger partial charge in [0.2, 0.25) is 0 Å². The zero-order chi connectivity index (χ0) is 10.1. The van der Waals surface area contributed by atoms with Gasteiger partial charge in [-0.3, -0.25) is 4.79 Å². The van der Waals surface area contributed by atoms with Crippen molar-refractivity contribution in [3.8, 4) is 0 Å². The number of carbonyl (C=O) groups excluding carboxylic acids is 1. The molecule has 0 aromatic carbocycles. The quantitative estimate of drug-likeness (QED) is 0.610. The van der Waals surface area contributed by atoms with Crippen molar-refractivity contribution in [2.45, 2.75) is 37.8 Å². The molecule has 2 fully saturated rings. The van der Waals surface area contributed by atoms with Gasteiger partial charge in [-0.25, -0.2) is 0 Å². The smallest absolute Gasteiger partial charge is 0.305 e. The summed E-state index contributed by atoms with van der Waals surface area (Å²) in [5, 5.41) is 9.42. The number of hydrogen-bond donors (Lipinski definition) is 1. The highest BCUT2D eigenvalue weighted by Crippen LogP contribution is 2.28. The molecule has 14 heavy (non-hydrogen) atoms. The fourth-order valence-corrected chi connectivity index (χ4v) is 1.80. The summed E-state index contributed by atoms with van der Waals surface area (Å²) in [6.07, 6.45) is -1.23. The van der Waals surface area contributed by atoms with Crippen molar-refractivity contribution in [2.75, 3.05) is 13.2 Å². The van der Waals surface area contributed by atoms with Crippen LogP contribution in [0.2, 0.25) is 0 Å². The lowest BCUT2D eigenvalue weighted by Gasteiger charge is -2.15. The van der Waals surface area contributed by atoms with Gasteiger partial charge in [0.05, 0.1) is 13.2 Å². The van der Waals surface area contributed by atoms with Crippen LogP contribution < -0.4 is 0 Å². The van der Waals surface area contributed by atoms with Gasteiger partial charge in [-0.2, -0.15) is 0 Å². The SMILES string of the molecule is CCC(=O)OC1COC2C(O)COC12. The van der Waals surface area contributed by atoms with Crippen LogP contribution in [0.1, 0.15) is 13.3 Å². The Morgan fingerprint density at radius 2 is 2.14 bits per heavy atom. The van der Waals surface area contributed by atoms with Crippen molar-refractivity contribution >= 4 is 5.97 Å². The Kier molecular flexibility index (Phi) is 2.71. The largest absolute Gasteiger partial charge is 0.457 e. The maximum atomic E-state index is 11.0. The third-order valence-electron chi connectivity index (χ3n) is 2.55. The average Bonchev–Trinajstić information content (AvgIpc) is 2.72. The number of esters is 1. The predicted molar refractivity (Wildman–Crippen MR) is 45.7 cm³/mol. The fraction of sp³-hybridized carbons (Fsp3) is 0.889. The minimum absolute atomic E-state index is 0.259. The van der Waals surface area contributed by atoms with Gasteiger partial charge in [0.15, 0.2) is 6.10 Å². The van der Waals surface area contributed by atoms with Crippen LogP contribution >= 0.6 is 0 Å². The Bertz CT molecular complexity index is 229. The number of aliphatic hydroxyl groups is 1. The molecule has 0 radical (unpaired) electrons. The molecule has 0 aliphatic carbocycles. The van der Waals surface area contributed by atoms with Crippen LogP contribution in [0, 0.1) is 0 Å². The highest BCUT2D eigenvalue weighted by atomic mass is 16.6. The Labute approximate surface area is 81.9 Å². The molecule has 0 bridgehead atoms. The molecule has 0 aromatic rings. The van der Waals surface area contributed by atoms with Crippen LogP contribution in [-0.2, 0) is 19.0 Å². The zero-order valence-electron chi connectivity index (χ0n) is 8.01. The summed E-state index contributed by atoms with van der Waals surface area (Å²) in [5.74, 6) is -0.260. The summed E-state index contributed by atoms with van der Waals surface area (Å²) in [7, 11) is 0. The molecule has 0 amide bonds. The van der Waals surface area contributed by atoms with Gasteiger partial charge < -0.3 is 19.3 Å². The second-order valence-electron chi connectivity index (χ2n) is 3.55. The van der Waals surface area contributed by atoms with Gasteiger partial charge in [0, 0.05) is 6.42 Å². The number of ether oxygens (including phenoxy) is 3. The summed E-state index contributed by atoms with van der Waals surface area (Å²) in [6.45, 7) is 2.31. The zero-order valence-corrected chi connectivity index (χ0v) is 8.01. The molecule has 4 atom stereocenters. The summed E-state index contributed by atoms with van der Waals surface area (Å²) < 4.78 is 15.7. The predicted octanol–water partition coefficient (Wildman–Crippen LogP) is -0.533. The monoisotopic (exact) mass is 202 g/mol. The molecule has 4 unspecified atom stereocenters. The number of rotatable bonds is 2. The molecule has 5 heteroatoms. The minimum atomic E-state index is -0.592. The fourth-order valence-electron chi connectivity index (χ4n) is 1.80. The van der Waals surface area contributed by atoms with E-state index >= 15 is 0 Å². The molecule has 2 aliphatic heterocycles. The molecule has 1 N–H and O–H groups in total. The molecule has 2 heterocycles. The van der Waals surface area contributed by atoms with E-state index in [1.54, 1.807) is 6.92 Å². The molecule has 2 saturated heterocycles. The van der Waals surface area contributed by atoms with E-state index in [2.05, 4.69) is 0 Å². The molecule has 2 rings (SSSR count). The van der Waals surface area contributed by atoms with Crippen molar-refractivity contribution in [1.29, 1.82) is 0 Å². The number of hydrogen-bond acceptors (Lipinski definition) is 5. The topological polar surface area (TPSA) is 65.0 Å². The van der Waals surface area contributed by atoms with E-state index in [0.717, 1.165) is 0 Å². The minimum Gasteiger partial charge on any atom is -0.457 e. The highest BCUT2D eigenvalue weighted by molar-refractivity contribution is 5.69. The molecular formula is C9H14O5. The highest BCUT2D eigenvalue weighted by Gasteiger charge is 2.48. The van der Waals surface area contributed by atoms with Crippen LogP contribution in [0.25, 0.3) is 0 Å². The Balaban J connectivity index is 1.93. The van der Waals surface area contributed by atoms with Crippen molar-refractivity contribution in [2.24, 2.45) is 0 Å². The maximum Gasteiger partial charge on any atom is 0.305 e. The molecule has 80 valence electrons. The van der Waals surface area contributed by atoms with Crippen LogP contribution in [0.15, 0.2) is 0 Å². The van der Waals surface area contributed by atoms with E-state index in [-0.39, 0.29) is 30.9 Å². The molecule has 5 nitrogen and oxygen atoms in total. The van der Waals surface area contributed by atoms with E-state index in [4.69, 9.17) is 14.2 Å². The van der Waals surface area contributed by atoms with Crippen molar-refractivity contribution < 1.29 is 24.1 Å². The van der Waals surface area contributed by atoms with E-state index in [1.165, 1.54) is 0 Å². The first kappa shape index (κ1) is 9.89. The van der Waals surface area contributed by atoms with E-state index in [1.807, 2.05) is 0 Å². The Morgan fingerprint density at radius 3 is 2.86 bits per heavy atom. The van der Waals surface area contributed by atoms with Crippen molar-refractivity contribution in [3.05, 3.63) is 0 Å². The third-order valence-corrected chi connectivity index (χ3v) is 2.55. The van der Waals surface area contributed by atoms with Crippen molar-refractivity contribution in [3.63, 3.8) is 0 Å². The first-order chi connectivity index (χ1) is 6.72. The number of aliphatic hydroxyl groups excluding tert-OH is 1. The lowest BCUT2D eigenvalue weighted by atomic mass is 10.1. The third kappa shape index (κ3) is 1.63. The van der Waals surface area contributed by atoms with E-state index in [9.17, 15) is 9.90 Å². The van der Waals surface area contributed by atoms with E-state index < -0.39 is 6.10 Å². The first-order valence-corrected chi connectivity index (χ1v) is 4.83. The van der Waals surface area contributed by atoms with Gasteiger partial charge in [0.25, 0.3) is 0 Å².